The van der Waals surface area contributed by atoms with Gasteiger partial charge in [-0.1, -0.05) is 48.5 Å². The molecule has 5 nitrogen and oxygen atoms in total. The van der Waals surface area contributed by atoms with Crippen LogP contribution in [0.15, 0.2) is 60.7 Å². The molecule has 2 aliphatic rings. The van der Waals surface area contributed by atoms with Crippen LogP contribution < -0.4 is 0 Å². The first-order valence-corrected chi connectivity index (χ1v) is 8.88. The number of amides is 2. The summed E-state index contributed by atoms with van der Waals surface area (Å²) in [5, 5.41) is 9.87. The zero-order valence-corrected chi connectivity index (χ0v) is 14.7. The molecule has 1 spiro atoms. The number of aliphatic hydroxyl groups is 1. The van der Waals surface area contributed by atoms with Gasteiger partial charge in [0.05, 0.1) is 18.2 Å². The Morgan fingerprint density at radius 1 is 1.04 bits per heavy atom. The molecule has 2 aromatic carbocycles. The molecule has 2 heterocycles. The molecule has 0 aliphatic carbocycles. The monoisotopic (exact) mass is 350 g/mol. The van der Waals surface area contributed by atoms with E-state index < -0.39 is 5.54 Å². The van der Waals surface area contributed by atoms with E-state index in [4.69, 9.17) is 0 Å². The van der Waals surface area contributed by atoms with Crippen LogP contribution in [0.1, 0.15) is 28.8 Å². The van der Waals surface area contributed by atoms with Crippen LogP contribution >= 0.6 is 0 Å². The molecule has 4 rings (SSSR count). The molecule has 1 N–H and O–H groups in total. The molecule has 0 bridgehead atoms. The fourth-order valence-corrected chi connectivity index (χ4v) is 4.70. The molecule has 0 aromatic heterocycles. The van der Waals surface area contributed by atoms with E-state index in [-0.39, 0.29) is 30.4 Å². The van der Waals surface area contributed by atoms with Gasteiger partial charge in [0.15, 0.2) is 0 Å². The number of aliphatic hydroxyl groups excluding tert-OH is 1. The van der Waals surface area contributed by atoms with Gasteiger partial charge in [0.1, 0.15) is 0 Å². The SMILES string of the molecule is CC(=O)N1[C@@H](CO)[C@@H](c2ccccc2)C12CN(C(=O)c1ccccc1)C2. The third kappa shape index (κ3) is 2.35. The third-order valence-corrected chi connectivity index (χ3v) is 5.70. The van der Waals surface area contributed by atoms with Crippen molar-refractivity contribution in [3.63, 3.8) is 0 Å². The molecule has 26 heavy (non-hydrogen) atoms. The van der Waals surface area contributed by atoms with Crippen LogP contribution in [0, 0.1) is 0 Å². The Morgan fingerprint density at radius 2 is 1.62 bits per heavy atom. The van der Waals surface area contributed by atoms with Gasteiger partial charge in [0.25, 0.3) is 5.91 Å². The van der Waals surface area contributed by atoms with E-state index in [2.05, 4.69) is 0 Å². The average molecular weight is 350 g/mol. The minimum Gasteiger partial charge on any atom is -0.394 e. The molecule has 2 aromatic rings. The van der Waals surface area contributed by atoms with E-state index in [1.165, 1.54) is 6.92 Å². The van der Waals surface area contributed by atoms with Crippen molar-refractivity contribution in [2.45, 2.75) is 24.4 Å². The van der Waals surface area contributed by atoms with Crippen LogP contribution in [0.2, 0.25) is 0 Å². The molecule has 0 radical (unpaired) electrons. The molecular formula is C21H22N2O3. The lowest BCUT2D eigenvalue weighted by Crippen LogP contribution is -2.85. The van der Waals surface area contributed by atoms with Gasteiger partial charge in [0, 0.05) is 31.5 Å². The Hall–Kier alpha value is -2.66. The fourth-order valence-electron chi connectivity index (χ4n) is 4.70. The smallest absolute Gasteiger partial charge is 0.254 e. The number of hydrogen-bond donors (Lipinski definition) is 1. The highest BCUT2D eigenvalue weighted by molar-refractivity contribution is 5.95. The summed E-state index contributed by atoms with van der Waals surface area (Å²) in [6, 6.07) is 18.9. The Balaban J connectivity index is 1.61. The zero-order chi connectivity index (χ0) is 18.3. The summed E-state index contributed by atoms with van der Waals surface area (Å²) >= 11 is 0. The Bertz CT molecular complexity index is 816. The van der Waals surface area contributed by atoms with Crippen LogP contribution in [0.5, 0.6) is 0 Å². The number of nitrogens with zero attached hydrogens (tertiary/aromatic N) is 2. The third-order valence-electron chi connectivity index (χ3n) is 5.70. The lowest BCUT2D eigenvalue weighted by atomic mass is 9.60. The second-order valence-corrected chi connectivity index (χ2v) is 7.16. The van der Waals surface area contributed by atoms with E-state index in [1.807, 2.05) is 60.7 Å². The lowest BCUT2D eigenvalue weighted by molar-refractivity contribution is -0.191. The summed E-state index contributed by atoms with van der Waals surface area (Å²) in [5.41, 5.74) is 1.35. The minimum atomic E-state index is -0.412. The van der Waals surface area contributed by atoms with Crippen LogP contribution in [-0.4, -0.2) is 58.0 Å². The number of hydrogen-bond acceptors (Lipinski definition) is 3. The first-order valence-electron chi connectivity index (χ1n) is 8.88. The standard InChI is InChI=1S/C21H22N2O3/c1-15(25)23-18(12-24)19(16-8-4-2-5-9-16)21(23)13-22(14-21)20(26)17-10-6-3-7-11-17/h2-11,18-19,24H,12-14H2,1H3/t18-,19+/m0/s1. The summed E-state index contributed by atoms with van der Waals surface area (Å²) in [5.74, 6) is -0.0283. The molecule has 0 unspecified atom stereocenters. The molecule has 134 valence electrons. The summed E-state index contributed by atoms with van der Waals surface area (Å²) in [7, 11) is 0. The number of rotatable bonds is 3. The van der Waals surface area contributed by atoms with Gasteiger partial charge in [0.2, 0.25) is 5.91 Å². The van der Waals surface area contributed by atoms with Gasteiger partial charge in [-0.15, -0.1) is 0 Å². The lowest BCUT2D eigenvalue weighted by Gasteiger charge is -2.70. The van der Waals surface area contributed by atoms with Crippen LogP contribution in [0.3, 0.4) is 0 Å². The van der Waals surface area contributed by atoms with E-state index in [9.17, 15) is 14.7 Å². The van der Waals surface area contributed by atoms with Crippen molar-refractivity contribution in [1.82, 2.24) is 9.80 Å². The van der Waals surface area contributed by atoms with Crippen molar-refractivity contribution < 1.29 is 14.7 Å². The largest absolute Gasteiger partial charge is 0.394 e. The average Bonchev–Trinajstić information content (AvgIpc) is 2.61. The molecule has 0 saturated carbocycles. The van der Waals surface area contributed by atoms with Gasteiger partial charge in [-0.2, -0.15) is 0 Å². The second-order valence-electron chi connectivity index (χ2n) is 7.16. The van der Waals surface area contributed by atoms with Crippen molar-refractivity contribution >= 4 is 11.8 Å². The topological polar surface area (TPSA) is 60.9 Å². The quantitative estimate of drug-likeness (QED) is 0.920. The second kappa shape index (κ2) is 6.25. The highest BCUT2D eigenvalue weighted by Crippen LogP contribution is 2.53. The first-order chi connectivity index (χ1) is 12.6. The Kier molecular flexibility index (Phi) is 4.04. The predicted octanol–water partition coefficient (Wildman–Crippen LogP) is 1.89. The maximum Gasteiger partial charge on any atom is 0.254 e. The summed E-state index contributed by atoms with van der Waals surface area (Å²) in [6.07, 6.45) is 0. The highest BCUT2D eigenvalue weighted by atomic mass is 16.3. The van der Waals surface area contributed by atoms with Crippen molar-refractivity contribution in [3.8, 4) is 0 Å². The molecule has 5 heteroatoms. The van der Waals surface area contributed by atoms with E-state index in [0.717, 1.165) is 5.56 Å². The number of likely N-dealkylation sites (tertiary alicyclic amines) is 2. The molecule has 2 amide bonds. The summed E-state index contributed by atoms with van der Waals surface area (Å²) < 4.78 is 0. The summed E-state index contributed by atoms with van der Waals surface area (Å²) in [4.78, 5) is 28.5. The van der Waals surface area contributed by atoms with Crippen molar-refractivity contribution in [1.29, 1.82) is 0 Å². The number of benzene rings is 2. The summed E-state index contributed by atoms with van der Waals surface area (Å²) in [6.45, 7) is 2.45. The van der Waals surface area contributed by atoms with Crippen molar-refractivity contribution in [2.75, 3.05) is 19.7 Å². The van der Waals surface area contributed by atoms with Gasteiger partial charge < -0.3 is 14.9 Å². The van der Waals surface area contributed by atoms with Gasteiger partial charge in [-0.05, 0) is 17.7 Å². The minimum absolute atomic E-state index is 0.0148. The van der Waals surface area contributed by atoms with Gasteiger partial charge in [-0.3, -0.25) is 9.59 Å². The van der Waals surface area contributed by atoms with Crippen molar-refractivity contribution in [3.05, 3.63) is 71.8 Å². The van der Waals surface area contributed by atoms with E-state index >= 15 is 0 Å². The Morgan fingerprint density at radius 3 is 2.15 bits per heavy atom. The normalized spacial score (nSPS) is 23.3. The number of carbonyl (C=O) groups excluding carboxylic acids is 2. The van der Waals surface area contributed by atoms with Crippen LogP contribution in [-0.2, 0) is 4.79 Å². The maximum atomic E-state index is 12.7. The van der Waals surface area contributed by atoms with Crippen LogP contribution in [0.4, 0.5) is 0 Å². The van der Waals surface area contributed by atoms with E-state index in [1.54, 1.807) is 9.80 Å². The molecular weight excluding hydrogens is 328 g/mol. The fraction of sp³-hybridized carbons (Fsp3) is 0.333. The van der Waals surface area contributed by atoms with Gasteiger partial charge >= 0.3 is 0 Å². The predicted molar refractivity (Wildman–Crippen MR) is 97.7 cm³/mol. The van der Waals surface area contributed by atoms with Gasteiger partial charge in [-0.25, -0.2) is 0 Å². The zero-order valence-electron chi connectivity index (χ0n) is 14.7. The number of carbonyl (C=O) groups is 2. The van der Waals surface area contributed by atoms with Crippen molar-refractivity contribution in [2.24, 2.45) is 0 Å². The highest BCUT2D eigenvalue weighted by Gasteiger charge is 2.67. The first kappa shape index (κ1) is 16.8. The molecule has 2 aliphatic heterocycles. The van der Waals surface area contributed by atoms with Crippen LogP contribution in [0.25, 0.3) is 0 Å². The maximum absolute atomic E-state index is 12.7. The van der Waals surface area contributed by atoms with E-state index in [0.29, 0.717) is 18.7 Å². The Labute approximate surface area is 152 Å². The molecule has 2 atom stereocenters. The molecule has 2 saturated heterocycles. The molecule has 2 fully saturated rings.